The average Bonchev–Trinajstić information content (AvgIpc) is 2.36. The smallest absolute Gasteiger partial charge is 0.0441 e. The van der Waals surface area contributed by atoms with E-state index in [2.05, 4.69) is 6.07 Å². The molecule has 0 spiro atoms. The molecule has 51 valence electrons. The number of fused-ring (bicyclic) bond motifs is 1. The van der Waals surface area contributed by atoms with Crippen molar-refractivity contribution in [2.45, 2.75) is 19.3 Å². The Morgan fingerprint density at radius 1 is 1.40 bits per heavy atom. The molecule has 0 aliphatic heterocycles. The molecule has 0 fully saturated rings. The first-order valence-corrected chi connectivity index (χ1v) is 3.93. The lowest BCUT2D eigenvalue weighted by molar-refractivity contribution is 0.911. The fourth-order valence-electron chi connectivity index (χ4n) is 1.48. The van der Waals surface area contributed by atoms with Crippen molar-refractivity contribution in [3.8, 4) is 0 Å². The van der Waals surface area contributed by atoms with E-state index in [9.17, 15) is 0 Å². The summed E-state index contributed by atoms with van der Waals surface area (Å²) in [6.07, 6.45) is 3.55. The molecule has 1 radical (unpaired) electrons. The minimum absolute atomic E-state index is 0.922. The Kier molecular flexibility index (Phi) is 1.42. The molecule has 10 heavy (non-hydrogen) atoms. The molecule has 0 saturated heterocycles. The number of hydrogen-bond acceptors (Lipinski definition) is 0. The first-order valence-electron chi connectivity index (χ1n) is 3.56. The van der Waals surface area contributed by atoms with Crippen LogP contribution in [0.25, 0.3) is 0 Å². The van der Waals surface area contributed by atoms with Crippen LogP contribution in [0.5, 0.6) is 0 Å². The van der Waals surface area contributed by atoms with Crippen LogP contribution in [-0.2, 0) is 12.8 Å². The Balaban J connectivity index is 2.59. The molecule has 0 bridgehead atoms. The third kappa shape index (κ3) is 0.836. The fraction of sp³-hybridized carbons (Fsp3) is 0.333. The lowest BCUT2D eigenvalue weighted by atomic mass is 10.1. The van der Waals surface area contributed by atoms with Crippen molar-refractivity contribution in [3.63, 3.8) is 0 Å². The molecule has 1 aromatic carbocycles. The number of hydrogen-bond donors (Lipinski definition) is 0. The van der Waals surface area contributed by atoms with Crippen molar-refractivity contribution in [2.75, 3.05) is 0 Å². The van der Waals surface area contributed by atoms with Crippen LogP contribution in [-0.4, -0.2) is 0 Å². The topological polar surface area (TPSA) is 0 Å². The Morgan fingerprint density at radius 2 is 2.30 bits per heavy atom. The highest BCUT2D eigenvalue weighted by molar-refractivity contribution is 6.31. The molecule has 0 saturated carbocycles. The van der Waals surface area contributed by atoms with Gasteiger partial charge in [-0.05, 0) is 42.5 Å². The minimum Gasteiger partial charge on any atom is -0.0840 e. The number of rotatable bonds is 0. The van der Waals surface area contributed by atoms with Crippen molar-refractivity contribution in [1.82, 2.24) is 0 Å². The summed E-state index contributed by atoms with van der Waals surface area (Å²) >= 11 is 5.95. The lowest BCUT2D eigenvalue weighted by Crippen LogP contribution is -1.81. The Labute approximate surface area is 65.8 Å². The van der Waals surface area contributed by atoms with E-state index >= 15 is 0 Å². The Morgan fingerprint density at radius 3 is 3.10 bits per heavy atom. The standard InChI is InChI=1S/C9H8Cl/c10-9-6-2-4-7-3-1-5-8(7)9/h2,6H,1,3,5H2. The summed E-state index contributed by atoms with van der Waals surface area (Å²) in [6.45, 7) is 0. The third-order valence-corrected chi connectivity index (χ3v) is 2.35. The van der Waals surface area contributed by atoms with E-state index in [1.807, 2.05) is 12.1 Å². The third-order valence-electron chi connectivity index (χ3n) is 1.99. The van der Waals surface area contributed by atoms with Gasteiger partial charge in [0.15, 0.2) is 0 Å². The molecule has 0 nitrogen and oxygen atoms in total. The van der Waals surface area contributed by atoms with E-state index in [-0.39, 0.29) is 0 Å². The monoisotopic (exact) mass is 151 g/mol. The second-order valence-corrected chi connectivity index (χ2v) is 3.04. The first-order chi connectivity index (χ1) is 4.88. The molecule has 0 aromatic heterocycles. The zero-order valence-corrected chi connectivity index (χ0v) is 6.41. The highest BCUT2D eigenvalue weighted by Gasteiger charge is 2.12. The van der Waals surface area contributed by atoms with Crippen molar-refractivity contribution in [2.24, 2.45) is 0 Å². The van der Waals surface area contributed by atoms with Gasteiger partial charge in [-0.15, -0.1) is 0 Å². The van der Waals surface area contributed by atoms with E-state index < -0.39 is 0 Å². The fourth-order valence-corrected chi connectivity index (χ4v) is 1.75. The molecule has 1 heteroatoms. The van der Waals surface area contributed by atoms with Gasteiger partial charge >= 0.3 is 0 Å². The van der Waals surface area contributed by atoms with Gasteiger partial charge in [-0.3, -0.25) is 0 Å². The highest BCUT2D eigenvalue weighted by atomic mass is 35.5. The lowest BCUT2D eigenvalue weighted by Gasteiger charge is -1.98. The normalized spacial score (nSPS) is 15.3. The van der Waals surface area contributed by atoms with Crippen LogP contribution in [0.2, 0.25) is 5.02 Å². The van der Waals surface area contributed by atoms with Crippen LogP contribution in [0.3, 0.4) is 0 Å². The predicted molar refractivity (Wildman–Crippen MR) is 42.3 cm³/mol. The van der Waals surface area contributed by atoms with Crippen LogP contribution in [0, 0.1) is 6.07 Å². The maximum atomic E-state index is 5.95. The van der Waals surface area contributed by atoms with E-state index in [4.69, 9.17) is 11.6 Å². The molecule has 1 aromatic rings. The van der Waals surface area contributed by atoms with Crippen LogP contribution >= 0.6 is 11.6 Å². The van der Waals surface area contributed by atoms with Crippen LogP contribution < -0.4 is 0 Å². The van der Waals surface area contributed by atoms with Crippen LogP contribution in [0.4, 0.5) is 0 Å². The zero-order chi connectivity index (χ0) is 6.97. The van der Waals surface area contributed by atoms with E-state index in [1.165, 1.54) is 17.5 Å². The molecule has 0 N–H and O–H groups in total. The van der Waals surface area contributed by atoms with Gasteiger partial charge in [0.05, 0.1) is 0 Å². The van der Waals surface area contributed by atoms with Gasteiger partial charge in [0.25, 0.3) is 0 Å². The molecule has 0 atom stereocenters. The van der Waals surface area contributed by atoms with Crippen molar-refractivity contribution in [3.05, 3.63) is 34.3 Å². The SMILES string of the molecule is Clc1cc[c]c2c1CCC2. The molecule has 1 aliphatic carbocycles. The molecule has 1 aliphatic rings. The largest absolute Gasteiger partial charge is 0.0840 e. The maximum absolute atomic E-state index is 5.95. The Hall–Kier alpha value is -0.490. The van der Waals surface area contributed by atoms with E-state index in [0.717, 1.165) is 17.9 Å². The van der Waals surface area contributed by atoms with Gasteiger partial charge in [0, 0.05) is 5.02 Å². The van der Waals surface area contributed by atoms with Crippen molar-refractivity contribution >= 4 is 11.6 Å². The molecular weight excluding hydrogens is 144 g/mol. The minimum atomic E-state index is 0.922. The van der Waals surface area contributed by atoms with E-state index in [1.54, 1.807) is 0 Å². The molecule has 0 amide bonds. The summed E-state index contributed by atoms with van der Waals surface area (Å²) in [5, 5.41) is 0.922. The van der Waals surface area contributed by atoms with Crippen LogP contribution in [0.15, 0.2) is 12.1 Å². The molecule has 0 heterocycles. The predicted octanol–water partition coefficient (Wildman–Crippen LogP) is 2.63. The second-order valence-electron chi connectivity index (χ2n) is 2.64. The van der Waals surface area contributed by atoms with Gasteiger partial charge < -0.3 is 0 Å². The number of halogens is 1. The average molecular weight is 152 g/mol. The number of benzene rings is 1. The van der Waals surface area contributed by atoms with Crippen molar-refractivity contribution in [1.29, 1.82) is 0 Å². The van der Waals surface area contributed by atoms with Crippen molar-refractivity contribution < 1.29 is 0 Å². The quantitative estimate of drug-likeness (QED) is 0.535. The number of aryl methyl sites for hydroxylation is 1. The Bertz CT molecular complexity index is 253. The van der Waals surface area contributed by atoms with E-state index in [0.29, 0.717) is 0 Å². The highest BCUT2D eigenvalue weighted by Crippen LogP contribution is 2.27. The van der Waals surface area contributed by atoms with Crippen LogP contribution in [0.1, 0.15) is 17.5 Å². The summed E-state index contributed by atoms with van der Waals surface area (Å²) < 4.78 is 0. The summed E-state index contributed by atoms with van der Waals surface area (Å²) in [7, 11) is 0. The zero-order valence-electron chi connectivity index (χ0n) is 5.65. The molecule has 2 rings (SSSR count). The summed E-state index contributed by atoms with van der Waals surface area (Å²) in [4.78, 5) is 0. The van der Waals surface area contributed by atoms with Gasteiger partial charge in [-0.25, -0.2) is 0 Å². The summed E-state index contributed by atoms with van der Waals surface area (Å²) in [5.74, 6) is 0. The van der Waals surface area contributed by atoms with Gasteiger partial charge in [0.1, 0.15) is 0 Å². The summed E-state index contributed by atoms with van der Waals surface area (Å²) in [6, 6.07) is 7.04. The summed E-state index contributed by atoms with van der Waals surface area (Å²) in [5.41, 5.74) is 2.65. The molecular formula is C9H8Cl. The maximum Gasteiger partial charge on any atom is 0.0441 e. The first kappa shape index (κ1) is 6.23. The van der Waals surface area contributed by atoms with Gasteiger partial charge in [0.2, 0.25) is 0 Å². The van der Waals surface area contributed by atoms with Gasteiger partial charge in [-0.2, -0.15) is 0 Å². The van der Waals surface area contributed by atoms with Gasteiger partial charge in [-0.1, -0.05) is 17.7 Å². The molecule has 0 unspecified atom stereocenters. The second kappa shape index (κ2) is 2.28.